The number of hydrogen-bond acceptors (Lipinski definition) is 5. The molecule has 0 bridgehead atoms. The number of fused-ring (bicyclic) bond motifs is 1. The average molecular weight is 279 g/mol. The normalized spacial score (nSPS) is 13.2. The Morgan fingerprint density at radius 3 is 2.90 bits per heavy atom. The third-order valence-electron chi connectivity index (χ3n) is 2.92. The van der Waals surface area contributed by atoms with Crippen molar-refractivity contribution in [1.82, 2.24) is 5.32 Å². The molecule has 20 heavy (non-hydrogen) atoms. The maximum atomic E-state index is 11.3. The second-order valence-electron chi connectivity index (χ2n) is 4.92. The van der Waals surface area contributed by atoms with Gasteiger partial charge in [0, 0.05) is 30.4 Å². The number of nitro groups is 1. The first-order valence-corrected chi connectivity index (χ1v) is 6.44. The minimum Gasteiger partial charge on any atom is -0.485 e. The molecule has 108 valence electrons. The predicted molar refractivity (Wildman–Crippen MR) is 74.1 cm³/mol. The van der Waals surface area contributed by atoms with Crippen molar-refractivity contribution in [2.24, 2.45) is 0 Å². The van der Waals surface area contributed by atoms with Gasteiger partial charge in [0.25, 0.3) is 0 Å². The number of carbonyl (C=O) groups excluding carboxylic acids is 1. The maximum Gasteiger partial charge on any atom is 0.311 e. The van der Waals surface area contributed by atoms with E-state index in [2.05, 4.69) is 10.6 Å². The van der Waals surface area contributed by atoms with Gasteiger partial charge >= 0.3 is 5.69 Å². The molecular weight excluding hydrogens is 262 g/mol. The van der Waals surface area contributed by atoms with Gasteiger partial charge in [-0.25, -0.2) is 0 Å². The number of anilines is 1. The number of hydrogen-bond donors (Lipinski definition) is 2. The summed E-state index contributed by atoms with van der Waals surface area (Å²) in [5.74, 6) is 0.0226. The summed E-state index contributed by atoms with van der Waals surface area (Å²) >= 11 is 0. The molecule has 2 N–H and O–H groups in total. The van der Waals surface area contributed by atoms with Gasteiger partial charge in [-0.2, -0.15) is 0 Å². The summed E-state index contributed by atoms with van der Waals surface area (Å²) in [4.78, 5) is 21.9. The molecule has 0 saturated heterocycles. The zero-order valence-corrected chi connectivity index (χ0v) is 11.4. The van der Waals surface area contributed by atoms with Crippen molar-refractivity contribution in [2.75, 3.05) is 18.5 Å². The lowest BCUT2D eigenvalue weighted by Gasteiger charge is -2.11. The Morgan fingerprint density at radius 1 is 1.50 bits per heavy atom. The van der Waals surface area contributed by atoms with Crippen LogP contribution in [-0.4, -0.2) is 30.0 Å². The minimum absolute atomic E-state index is 0.107. The average Bonchev–Trinajstić information content (AvgIpc) is 2.72. The van der Waals surface area contributed by atoms with E-state index >= 15 is 0 Å². The van der Waals surface area contributed by atoms with E-state index in [0.29, 0.717) is 30.4 Å². The van der Waals surface area contributed by atoms with Crippen molar-refractivity contribution in [2.45, 2.75) is 26.3 Å². The number of carbonyl (C=O) groups is 1. The van der Waals surface area contributed by atoms with E-state index in [9.17, 15) is 14.9 Å². The van der Waals surface area contributed by atoms with Gasteiger partial charge in [-0.3, -0.25) is 14.9 Å². The number of nitro benzene ring substituents is 1. The Morgan fingerprint density at radius 2 is 2.25 bits per heavy atom. The molecular formula is C13H17N3O4. The van der Waals surface area contributed by atoms with Crippen LogP contribution in [0.25, 0.3) is 0 Å². The van der Waals surface area contributed by atoms with Gasteiger partial charge in [0.1, 0.15) is 6.61 Å². The predicted octanol–water partition coefficient (Wildman–Crippen LogP) is 1.47. The molecule has 0 aliphatic carbocycles. The SMILES string of the molecule is CC(C)NCCOc1cc2c(cc1[N+](=O)[O-])CC(=O)N2. The van der Waals surface area contributed by atoms with Gasteiger partial charge < -0.3 is 15.4 Å². The smallest absolute Gasteiger partial charge is 0.311 e. The van der Waals surface area contributed by atoms with Crippen LogP contribution in [0.3, 0.4) is 0 Å². The molecule has 1 amide bonds. The summed E-state index contributed by atoms with van der Waals surface area (Å²) in [5, 5.41) is 16.9. The molecule has 0 atom stereocenters. The molecule has 1 heterocycles. The summed E-state index contributed by atoms with van der Waals surface area (Å²) in [5.41, 5.74) is 1.12. The van der Waals surface area contributed by atoms with Crippen molar-refractivity contribution in [3.05, 3.63) is 27.8 Å². The molecule has 0 fully saturated rings. The van der Waals surface area contributed by atoms with Gasteiger partial charge in [-0.1, -0.05) is 13.8 Å². The van der Waals surface area contributed by atoms with Crippen LogP contribution in [0.2, 0.25) is 0 Å². The molecule has 7 nitrogen and oxygen atoms in total. The van der Waals surface area contributed by atoms with Crippen LogP contribution in [0.1, 0.15) is 19.4 Å². The second-order valence-corrected chi connectivity index (χ2v) is 4.92. The molecule has 0 radical (unpaired) electrons. The lowest BCUT2D eigenvalue weighted by Crippen LogP contribution is -2.27. The third kappa shape index (κ3) is 3.24. The Labute approximate surface area is 116 Å². The summed E-state index contributed by atoms with van der Waals surface area (Å²) < 4.78 is 5.45. The second kappa shape index (κ2) is 5.87. The molecule has 1 aromatic rings. The molecule has 0 saturated carbocycles. The Bertz CT molecular complexity index is 543. The minimum atomic E-state index is -0.492. The molecule has 0 aromatic heterocycles. The van der Waals surface area contributed by atoms with Crippen LogP contribution < -0.4 is 15.4 Å². The van der Waals surface area contributed by atoms with Gasteiger partial charge in [0.05, 0.1) is 11.3 Å². The van der Waals surface area contributed by atoms with Gasteiger partial charge in [0.2, 0.25) is 5.91 Å². The van der Waals surface area contributed by atoms with E-state index in [-0.39, 0.29) is 23.8 Å². The Hall–Kier alpha value is -2.15. The molecule has 1 aromatic carbocycles. The molecule has 7 heteroatoms. The zero-order valence-electron chi connectivity index (χ0n) is 11.4. The maximum absolute atomic E-state index is 11.3. The van der Waals surface area contributed by atoms with Crippen LogP contribution in [0.15, 0.2) is 12.1 Å². The topological polar surface area (TPSA) is 93.5 Å². The van der Waals surface area contributed by atoms with Crippen molar-refractivity contribution >= 4 is 17.3 Å². The first kappa shape index (κ1) is 14.3. The summed E-state index contributed by atoms with van der Waals surface area (Å²) in [6.45, 7) is 4.94. The van der Waals surface area contributed by atoms with Crippen LogP contribution in [0.5, 0.6) is 5.75 Å². The molecule has 1 aliphatic rings. The van der Waals surface area contributed by atoms with E-state index in [1.165, 1.54) is 12.1 Å². The highest BCUT2D eigenvalue weighted by atomic mass is 16.6. The fourth-order valence-electron chi connectivity index (χ4n) is 2.01. The standard InChI is InChI=1S/C13H17N3O4/c1-8(2)14-3-4-20-12-7-10-9(6-13(17)15-10)5-11(12)16(18)19/h5,7-8,14H,3-4,6H2,1-2H3,(H,15,17). The van der Waals surface area contributed by atoms with Crippen LogP contribution in [0, 0.1) is 10.1 Å². The third-order valence-corrected chi connectivity index (χ3v) is 2.92. The number of ether oxygens (including phenoxy) is 1. The van der Waals surface area contributed by atoms with Gasteiger partial charge in [-0.15, -0.1) is 0 Å². The number of amides is 1. The Balaban J connectivity index is 2.13. The molecule has 0 spiro atoms. The number of rotatable bonds is 6. The van der Waals surface area contributed by atoms with E-state index in [0.717, 1.165) is 0 Å². The lowest BCUT2D eigenvalue weighted by molar-refractivity contribution is -0.385. The zero-order chi connectivity index (χ0) is 14.7. The first-order valence-electron chi connectivity index (χ1n) is 6.44. The first-order chi connectivity index (χ1) is 9.47. The number of nitrogens with zero attached hydrogens (tertiary/aromatic N) is 1. The number of nitrogens with one attached hydrogen (secondary N) is 2. The lowest BCUT2D eigenvalue weighted by atomic mass is 10.1. The van der Waals surface area contributed by atoms with E-state index in [1.807, 2.05) is 13.8 Å². The molecule has 0 unspecified atom stereocenters. The van der Waals surface area contributed by atoms with Crippen LogP contribution in [-0.2, 0) is 11.2 Å². The van der Waals surface area contributed by atoms with E-state index in [1.54, 1.807) is 0 Å². The fourth-order valence-corrected chi connectivity index (χ4v) is 2.01. The molecule has 2 rings (SSSR count). The summed E-state index contributed by atoms with van der Waals surface area (Å²) in [6, 6.07) is 3.25. The highest BCUT2D eigenvalue weighted by Crippen LogP contribution is 2.36. The fraction of sp³-hybridized carbons (Fsp3) is 0.462. The summed E-state index contributed by atoms with van der Waals surface area (Å²) in [7, 11) is 0. The van der Waals surface area contributed by atoms with Crippen molar-refractivity contribution in [3.8, 4) is 5.75 Å². The van der Waals surface area contributed by atoms with Crippen LogP contribution in [0.4, 0.5) is 11.4 Å². The largest absolute Gasteiger partial charge is 0.485 e. The van der Waals surface area contributed by atoms with Crippen LogP contribution >= 0.6 is 0 Å². The van der Waals surface area contributed by atoms with Gasteiger partial charge in [-0.05, 0) is 5.56 Å². The van der Waals surface area contributed by atoms with Gasteiger partial charge in [0.15, 0.2) is 5.75 Å². The highest BCUT2D eigenvalue weighted by Gasteiger charge is 2.25. The van der Waals surface area contributed by atoms with Crippen molar-refractivity contribution in [3.63, 3.8) is 0 Å². The monoisotopic (exact) mass is 279 g/mol. The van der Waals surface area contributed by atoms with E-state index in [4.69, 9.17) is 4.74 Å². The Kier molecular flexibility index (Phi) is 4.19. The number of benzene rings is 1. The summed E-state index contributed by atoms with van der Waals surface area (Å²) in [6.07, 6.45) is 0.172. The molecule has 1 aliphatic heterocycles. The van der Waals surface area contributed by atoms with E-state index < -0.39 is 4.92 Å². The quantitative estimate of drug-likeness (QED) is 0.467. The highest BCUT2D eigenvalue weighted by molar-refractivity contribution is 5.99. The van der Waals surface area contributed by atoms with Crippen molar-refractivity contribution in [1.29, 1.82) is 0 Å². The van der Waals surface area contributed by atoms with Crippen molar-refractivity contribution < 1.29 is 14.5 Å².